The number of nitrogens with one attached hydrogen (secondary N) is 4. The predicted molar refractivity (Wildman–Crippen MR) is 130 cm³/mol. The van der Waals surface area contributed by atoms with Crippen LogP contribution in [0.25, 0.3) is 0 Å². The molecule has 204 valence electrons. The molecule has 6 N–H and O–H groups in total. The summed E-state index contributed by atoms with van der Waals surface area (Å²) >= 11 is 0. The molecule has 5 aliphatic heterocycles. The molecule has 0 aliphatic carbocycles. The van der Waals surface area contributed by atoms with Gasteiger partial charge in [-0.15, -0.1) is 0 Å². The van der Waals surface area contributed by atoms with Crippen molar-refractivity contribution in [1.82, 2.24) is 41.1 Å². The van der Waals surface area contributed by atoms with Gasteiger partial charge >= 0.3 is 0 Å². The lowest BCUT2D eigenvalue weighted by Crippen LogP contribution is -2.67. The molecule has 36 heavy (non-hydrogen) atoms. The third kappa shape index (κ3) is 5.11. The Morgan fingerprint density at radius 3 is 2.47 bits per heavy atom. The monoisotopic (exact) mass is 513 g/mol. The number of likely N-dealkylation sites (tertiary alicyclic amines) is 2. The zero-order chi connectivity index (χ0) is 25.6. The number of halogens is 2. The van der Waals surface area contributed by atoms with Crippen molar-refractivity contribution in [2.75, 3.05) is 66.5 Å². The summed E-state index contributed by atoms with van der Waals surface area (Å²) < 4.78 is 29.0. The van der Waals surface area contributed by atoms with Gasteiger partial charge in [0, 0.05) is 51.2 Å². The first kappa shape index (κ1) is 26.1. The summed E-state index contributed by atoms with van der Waals surface area (Å²) in [5, 5.41) is 10.9. The average molecular weight is 514 g/mol. The van der Waals surface area contributed by atoms with Crippen molar-refractivity contribution < 1.29 is 18.4 Å². The zero-order valence-corrected chi connectivity index (χ0v) is 21.2. The first-order valence-electron chi connectivity index (χ1n) is 13.2. The SMILES string of the molecule is CN(C)C1CN(C(=O)C2CCN(C3C(F)CNCC3NC(=O)C3C(N)NN4CC(F)CNC34)CC2)C1. The summed E-state index contributed by atoms with van der Waals surface area (Å²) in [5.74, 6) is -0.703. The van der Waals surface area contributed by atoms with Crippen LogP contribution in [0, 0.1) is 11.8 Å². The maximum Gasteiger partial charge on any atom is 0.229 e. The lowest BCUT2D eigenvalue weighted by atomic mass is 9.89. The van der Waals surface area contributed by atoms with Crippen molar-refractivity contribution in [3.8, 4) is 0 Å². The van der Waals surface area contributed by atoms with Gasteiger partial charge in [-0.3, -0.25) is 19.8 Å². The molecule has 5 rings (SSSR count). The largest absolute Gasteiger partial charge is 0.350 e. The van der Waals surface area contributed by atoms with Crippen LogP contribution in [0.2, 0.25) is 0 Å². The minimum atomic E-state index is -1.14. The Hall–Kier alpha value is -1.48. The standard InChI is InChI=1S/C23H41F2N9O2/c1-31(2)15-11-33(12-15)23(36)13-3-5-32(6-4-13)19-16(25)8-27-9-17(19)29-22(35)18-20(26)30-34-10-14(24)7-28-21(18)34/h13-21,27-28,30H,3-12,26H2,1-2H3,(H,29,35). The number of nitrogens with zero attached hydrogens (tertiary/aromatic N) is 4. The molecule has 2 amide bonds. The lowest BCUT2D eigenvalue weighted by Gasteiger charge is -2.47. The molecule has 0 spiro atoms. The van der Waals surface area contributed by atoms with E-state index < -0.39 is 42.7 Å². The van der Waals surface area contributed by atoms with E-state index >= 15 is 4.39 Å². The third-order valence-electron chi connectivity index (χ3n) is 8.64. The van der Waals surface area contributed by atoms with Crippen LogP contribution >= 0.6 is 0 Å². The number of hydrazine groups is 1. The normalized spacial score (nSPS) is 39.2. The van der Waals surface area contributed by atoms with E-state index in [0.717, 1.165) is 13.1 Å². The fourth-order valence-electron chi connectivity index (χ4n) is 6.41. The molecule has 7 atom stereocenters. The summed E-state index contributed by atoms with van der Waals surface area (Å²) in [6, 6.07) is -0.467. The van der Waals surface area contributed by atoms with E-state index in [2.05, 4.69) is 31.2 Å². The quantitative estimate of drug-likeness (QED) is 0.267. The second-order valence-corrected chi connectivity index (χ2v) is 11.2. The van der Waals surface area contributed by atoms with Crippen molar-refractivity contribution in [3.05, 3.63) is 0 Å². The molecule has 13 heteroatoms. The van der Waals surface area contributed by atoms with Crippen LogP contribution in [0.1, 0.15) is 12.8 Å². The van der Waals surface area contributed by atoms with E-state index in [9.17, 15) is 14.0 Å². The number of hydrogen-bond acceptors (Lipinski definition) is 9. The highest BCUT2D eigenvalue weighted by Gasteiger charge is 2.49. The molecule has 5 aliphatic rings. The van der Waals surface area contributed by atoms with E-state index in [1.54, 1.807) is 5.01 Å². The van der Waals surface area contributed by atoms with Crippen LogP contribution in [-0.4, -0.2) is 141 Å². The van der Waals surface area contributed by atoms with Gasteiger partial charge in [-0.25, -0.2) is 19.2 Å². The van der Waals surface area contributed by atoms with Gasteiger partial charge < -0.3 is 26.2 Å². The number of amides is 2. The van der Waals surface area contributed by atoms with E-state index in [4.69, 9.17) is 5.73 Å². The number of rotatable bonds is 5. The second kappa shape index (κ2) is 10.7. The highest BCUT2D eigenvalue weighted by atomic mass is 19.1. The fraction of sp³-hybridized carbons (Fsp3) is 0.913. The van der Waals surface area contributed by atoms with Gasteiger partial charge in [0.15, 0.2) is 0 Å². The molecule has 0 saturated carbocycles. The fourth-order valence-corrected chi connectivity index (χ4v) is 6.41. The molecule has 0 aromatic rings. The van der Waals surface area contributed by atoms with Crippen LogP contribution in [0.4, 0.5) is 8.78 Å². The molecule has 0 aromatic heterocycles. The van der Waals surface area contributed by atoms with E-state index in [-0.39, 0.29) is 37.4 Å². The molecule has 5 saturated heterocycles. The minimum absolute atomic E-state index is 0.0255. The second-order valence-electron chi connectivity index (χ2n) is 11.2. The first-order chi connectivity index (χ1) is 17.2. The number of alkyl halides is 2. The van der Waals surface area contributed by atoms with Crippen molar-refractivity contribution >= 4 is 11.8 Å². The van der Waals surface area contributed by atoms with Crippen LogP contribution < -0.4 is 27.1 Å². The number of likely N-dealkylation sites (N-methyl/N-ethyl adjacent to an activating group) is 1. The van der Waals surface area contributed by atoms with Gasteiger partial charge in [-0.05, 0) is 40.0 Å². The van der Waals surface area contributed by atoms with Gasteiger partial charge in [0.25, 0.3) is 0 Å². The minimum Gasteiger partial charge on any atom is -0.350 e. The van der Waals surface area contributed by atoms with Crippen molar-refractivity contribution in [1.29, 1.82) is 0 Å². The number of hydrogen-bond donors (Lipinski definition) is 5. The highest BCUT2D eigenvalue weighted by molar-refractivity contribution is 5.81. The smallest absolute Gasteiger partial charge is 0.229 e. The first-order valence-corrected chi connectivity index (χ1v) is 13.2. The maximum atomic E-state index is 15.2. The average Bonchev–Trinajstić information content (AvgIpc) is 3.12. The van der Waals surface area contributed by atoms with Crippen LogP contribution in [-0.2, 0) is 9.59 Å². The molecule has 7 unspecified atom stereocenters. The Labute approximate surface area is 211 Å². The summed E-state index contributed by atoms with van der Waals surface area (Å²) in [7, 11) is 4.06. The summed E-state index contributed by atoms with van der Waals surface area (Å²) in [4.78, 5) is 32.4. The molecule has 0 bridgehead atoms. The van der Waals surface area contributed by atoms with E-state index in [1.165, 1.54) is 0 Å². The molecule has 5 fully saturated rings. The number of fused-ring (bicyclic) bond motifs is 1. The Bertz CT molecular complexity index is 808. The van der Waals surface area contributed by atoms with Crippen molar-refractivity contribution in [2.45, 2.75) is 55.6 Å². The topological polar surface area (TPSA) is 121 Å². The van der Waals surface area contributed by atoms with Gasteiger partial charge in [-0.1, -0.05) is 0 Å². The number of piperidine rings is 2. The Balaban J connectivity index is 1.17. The lowest BCUT2D eigenvalue weighted by molar-refractivity contribution is -0.144. The molecular formula is C23H41F2N9O2. The number of carbonyl (C=O) groups is 2. The van der Waals surface area contributed by atoms with Crippen molar-refractivity contribution in [3.63, 3.8) is 0 Å². The molecule has 0 aromatic carbocycles. The van der Waals surface area contributed by atoms with Crippen LogP contribution in [0.5, 0.6) is 0 Å². The van der Waals surface area contributed by atoms with Gasteiger partial charge in [0.1, 0.15) is 12.3 Å². The molecule has 5 heterocycles. The third-order valence-corrected chi connectivity index (χ3v) is 8.64. The highest BCUT2D eigenvalue weighted by Crippen LogP contribution is 2.28. The van der Waals surface area contributed by atoms with Gasteiger partial charge in [-0.2, -0.15) is 0 Å². The van der Waals surface area contributed by atoms with Crippen LogP contribution in [0.15, 0.2) is 0 Å². The summed E-state index contributed by atoms with van der Waals surface area (Å²) in [6.45, 7) is 3.82. The summed E-state index contributed by atoms with van der Waals surface area (Å²) in [5.41, 5.74) is 9.18. The number of carbonyl (C=O) groups excluding carboxylic acids is 2. The number of nitrogens with two attached hydrogens (primary N) is 1. The Morgan fingerprint density at radius 1 is 1.06 bits per heavy atom. The predicted octanol–water partition coefficient (Wildman–Crippen LogP) is -2.75. The zero-order valence-electron chi connectivity index (χ0n) is 21.2. The van der Waals surface area contributed by atoms with E-state index in [0.29, 0.717) is 38.5 Å². The molecule has 0 radical (unpaired) electrons. The maximum absolute atomic E-state index is 15.2. The Kier molecular flexibility index (Phi) is 7.78. The Morgan fingerprint density at radius 2 is 1.78 bits per heavy atom. The van der Waals surface area contributed by atoms with Gasteiger partial charge in [0.05, 0.1) is 30.3 Å². The molecular weight excluding hydrogens is 472 g/mol. The van der Waals surface area contributed by atoms with Crippen molar-refractivity contribution in [2.24, 2.45) is 17.6 Å². The summed E-state index contributed by atoms with van der Waals surface area (Å²) in [6.07, 6.45) is -1.84. The van der Waals surface area contributed by atoms with Gasteiger partial charge in [0.2, 0.25) is 11.8 Å². The van der Waals surface area contributed by atoms with E-state index in [1.807, 2.05) is 19.0 Å². The van der Waals surface area contributed by atoms with Crippen LogP contribution in [0.3, 0.4) is 0 Å². The molecule has 11 nitrogen and oxygen atoms in total.